The van der Waals surface area contributed by atoms with E-state index < -0.39 is 29.9 Å². The molecule has 0 aliphatic heterocycles. The Hall–Kier alpha value is -3.02. The Morgan fingerprint density at radius 1 is 1.04 bits per heavy atom. The Morgan fingerprint density at radius 3 is 2.20 bits per heavy atom. The van der Waals surface area contributed by atoms with Gasteiger partial charge in [-0.3, -0.25) is 9.59 Å². The van der Waals surface area contributed by atoms with Crippen LogP contribution in [0, 0.1) is 5.82 Å². The number of aliphatic carboxylic acids is 1. The van der Waals surface area contributed by atoms with E-state index in [9.17, 15) is 18.8 Å². The summed E-state index contributed by atoms with van der Waals surface area (Å²) in [6, 6.07) is 14.5. The molecule has 2 aromatic rings. The number of benzene rings is 2. The zero-order chi connectivity index (χ0) is 18.4. The van der Waals surface area contributed by atoms with Crippen LogP contribution in [0.5, 0.6) is 0 Å². The molecule has 0 fully saturated rings. The van der Waals surface area contributed by atoms with Crippen molar-refractivity contribution in [3.8, 4) is 0 Å². The van der Waals surface area contributed by atoms with E-state index in [0.29, 0.717) is 5.56 Å². The third kappa shape index (κ3) is 4.97. The van der Waals surface area contributed by atoms with Gasteiger partial charge >= 0.3 is 5.97 Å². The largest absolute Gasteiger partial charge is 0.475 e. The molecule has 0 radical (unpaired) electrons. The lowest BCUT2D eigenvalue weighted by Gasteiger charge is -2.29. The van der Waals surface area contributed by atoms with Gasteiger partial charge in [0, 0.05) is 6.54 Å². The highest BCUT2D eigenvalue weighted by Crippen LogP contribution is 2.23. The van der Waals surface area contributed by atoms with Gasteiger partial charge in [0.25, 0.3) is 0 Å². The number of halogens is 1. The second-order valence-corrected chi connectivity index (χ2v) is 5.64. The molecule has 0 bridgehead atoms. The van der Waals surface area contributed by atoms with Crippen LogP contribution < -0.4 is 0 Å². The summed E-state index contributed by atoms with van der Waals surface area (Å²) in [7, 11) is 0. The number of carboxylic acids is 1. The first-order valence-corrected chi connectivity index (χ1v) is 7.73. The van der Waals surface area contributed by atoms with Gasteiger partial charge in [0.05, 0.1) is 12.5 Å². The van der Waals surface area contributed by atoms with Gasteiger partial charge in [-0.1, -0.05) is 42.5 Å². The van der Waals surface area contributed by atoms with E-state index in [-0.39, 0.29) is 12.6 Å². The zero-order valence-electron chi connectivity index (χ0n) is 13.7. The van der Waals surface area contributed by atoms with Crippen LogP contribution in [0.3, 0.4) is 0 Å². The Balaban J connectivity index is 2.26. The molecule has 0 aromatic heterocycles. The number of ketones is 1. The van der Waals surface area contributed by atoms with Gasteiger partial charge < -0.3 is 10.0 Å². The zero-order valence-corrected chi connectivity index (χ0v) is 13.7. The summed E-state index contributed by atoms with van der Waals surface area (Å²) in [5.74, 6) is -3.77. The summed E-state index contributed by atoms with van der Waals surface area (Å²) >= 11 is 0. The van der Waals surface area contributed by atoms with Crippen LogP contribution in [0.4, 0.5) is 4.39 Å². The van der Waals surface area contributed by atoms with Crippen molar-refractivity contribution in [1.29, 1.82) is 0 Å². The van der Waals surface area contributed by atoms with Crippen LogP contribution >= 0.6 is 0 Å². The predicted molar refractivity (Wildman–Crippen MR) is 89.1 cm³/mol. The summed E-state index contributed by atoms with van der Waals surface area (Å²) in [6.07, 6.45) is -0.715. The Morgan fingerprint density at radius 2 is 1.64 bits per heavy atom. The number of carboxylic acid groups (broad SMARTS) is 1. The number of hydrogen-bond donors (Lipinski definition) is 1. The molecule has 0 saturated carbocycles. The van der Waals surface area contributed by atoms with Crippen molar-refractivity contribution in [1.82, 2.24) is 4.90 Å². The molecule has 0 aliphatic carbocycles. The summed E-state index contributed by atoms with van der Waals surface area (Å²) in [4.78, 5) is 36.1. The molecule has 1 unspecified atom stereocenters. The van der Waals surface area contributed by atoms with Crippen molar-refractivity contribution in [3.63, 3.8) is 0 Å². The Labute approximate surface area is 144 Å². The summed E-state index contributed by atoms with van der Waals surface area (Å²) in [5.41, 5.74) is 1.53. The molecular weight excluding hydrogens is 325 g/mol. The fourth-order valence-electron chi connectivity index (χ4n) is 2.45. The highest BCUT2D eigenvalue weighted by Gasteiger charge is 2.26. The van der Waals surface area contributed by atoms with Gasteiger partial charge in [0.15, 0.2) is 0 Å². The van der Waals surface area contributed by atoms with Crippen LogP contribution in [-0.4, -0.2) is 27.7 Å². The highest BCUT2D eigenvalue weighted by molar-refractivity contribution is 6.36. The number of carbonyl (C=O) groups excluding carboxylic acids is 2. The molecule has 2 aromatic carbocycles. The topological polar surface area (TPSA) is 74.7 Å². The normalized spacial score (nSPS) is 11.6. The molecule has 1 N–H and O–H groups in total. The maximum absolute atomic E-state index is 13.1. The average molecular weight is 343 g/mol. The quantitative estimate of drug-likeness (QED) is 0.619. The molecular formula is C19H18FNO4. The van der Waals surface area contributed by atoms with E-state index in [2.05, 4.69) is 0 Å². The summed E-state index contributed by atoms with van der Waals surface area (Å²) in [6.45, 7) is 1.93. The highest BCUT2D eigenvalue weighted by atomic mass is 19.1. The van der Waals surface area contributed by atoms with Gasteiger partial charge in [0.2, 0.25) is 11.7 Å². The van der Waals surface area contributed by atoms with Crippen molar-refractivity contribution in [2.45, 2.75) is 25.9 Å². The van der Waals surface area contributed by atoms with Crippen LogP contribution in [0.15, 0.2) is 54.6 Å². The van der Waals surface area contributed by atoms with Crippen molar-refractivity contribution < 1.29 is 23.9 Å². The Bertz CT molecular complexity index is 759. The number of carbonyl (C=O) groups is 3. The monoisotopic (exact) mass is 343 g/mol. The minimum atomic E-state index is -1.64. The lowest BCUT2D eigenvalue weighted by Crippen LogP contribution is -2.35. The second kappa shape index (κ2) is 8.19. The number of rotatable bonds is 7. The maximum Gasteiger partial charge on any atom is 0.372 e. The van der Waals surface area contributed by atoms with Crippen molar-refractivity contribution in [2.75, 3.05) is 0 Å². The van der Waals surface area contributed by atoms with E-state index in [1.165, 1.54) is 17.0 Å². The predicted octanol–water partition coefficient (Wildman–Crippen LogP) is 2.96. The fourth-order valence-corrected chi connectivity index (χ4v) is 2.45. The number of amides is 1. The van der Waals surface area contributed by atoms with Crippen LogP contribution in [0.25, 0.3) is 0 Å². The Kier molecular flexibility index (Phi) is 6.00. The smallest absolute Gasteiger partial charge is 0.372 e. The maximum atomic E-state index is 13.1. The minimum Gasteiger partial charge on any atom is -0.475 e. The molecule has 0 spiro atoms. The van der Waals surface area contributed by atoms with E-state index in [1.54, 1.807) is 19.1 Å². The molecule has 0 aliphatic rings. The van der Waals surface area contributed by atoms with Crippen molar-refractivity contribution >= 4 is 17.7 Å². The van der Waals surface area contributed by atoms with Gasteiger partial charge in [0.1, 0.15) is 5.82 Å². The molecule has 0 saturated heterocycles. The molecule has 6 heteroatoms. The molecule has 25 heavy (non-hydrogen) atoms. The average Bonchev–Trinajstić information content (AvgIpc) is 2.61. The third-order valence-electron chi connectivity index (χ3n) is 3.89. The first-order chi connectivity index (χ1) is 11.9. The van der Waals surface area contributed by atoms with E-state index in [4.69, 9.17) is 5.11 Å². The van der Waals surface area contributed by atoms with E-state index in [0.717, 1.165) is 5.56 Å². The van der Waals surface area contributed by atoms with Gasteiger partial charge in [-0.2, -0.15) is 0 Å². The fraction of sp³-hybridized carbons (Fsp3) is 0.211. The van der Waals surface area contributed by atoms with E-state index >= 15 is 0 Å². The van der Waals surface area contributed by atoms with Crippen LogP contribution in [0.2, 0.25) is 0 Å². The molecule has 0 heterocycles. The van der Waals surface area contributed by atoms with Crippen molar-refractivity contribution in [3.05, 3.63) is 71.5 Å². The number of Topliss-reactive ketones (excluding diaryl/α,β-unsaturated/α-hetero) is 1. The third-order valence-corrected chi connectivity index (χ3v) is 3.89. The summed E-state index contributed by atoms with van der Waals surface area (Å²) in [5, 5.41) is 8.73. The number of hydrogen-bond acceptors (Lipinski definition) is 3. The lowest BCUT2D eigenvalue weighted by molar-refractivity contribution is -0.152. The van der Waals surface area contributed by atoms with Gasteiger partial charge in [-0.25, -0.2) is 9.18 Å². The van der Waals surface area contributed by atoms with Gasteiger partial charge in [-0.05, 0) is 30.2 Å². The molecule has 5 nitrogen and oxygen atoms in total. The van der Waals surface area contributed by atoms with Gasteiger partial charge in [-0.15, -0.1) is 0 Å². The van der Waals surface area contributed by atoms with Crippen molar-refractivity contribution in [2.24, 2.45) is 0 Å². The van der Waals surface area contributed by atoms with Crippen LogP contribution in [-0.2, 0) is 20.9 Å². The number of nitrogens with zero attached hydrogens (tertiary/aromatic N) is 1. The van der Waals surface area contributed by atoms with E-state index in [1.807, 2.05) is 30.3 Å². The molecule has 1 atom stereocenters. The molecule has 2 rings (SSSR count). The van der Waals surface area contributed by atoms with Crippen LogP contribution in [0.1, 0.15) is 30.5 Å². The SMILES string of the molecule is CC(c1ccccc1)N(Cc1ccc(F)cc1)C(=O)CC(=O)C(=O)O. The minimum absolute atomic E-state index is 0.141. The first kappa shape index (κ1) is 18.3. The second-order valence-electron chi connectivity index (χ2n) is 5.64. The first-order valence-electron chi connectivity index (χ1n) is 7.73. The molecule has 130 valence electrons. The molecule has 1 amide bonds. The summed E-state index contributed by atoms with van der Waals surface area (Å²) < 4.78 is 13.1. The standard InChI is InChI=1S/C19H18FNO4/c1-13(15-5-3-2-4-6-15)21(18(23)11-17(22)19(24)25)12-14-7-9-16(20)10-8-14/h2-10,13H,11-12H2,1H3,(H,24,25). The lowest BCUT2D eigenvalue weighted by atomic mass is 10.0.